The number of benzene rings is 1. The first kappa shape index (κ1) is 20.9. The van der Waals surface area contributed by atoms with Crippen LogP contribution < -0.4 is 4.90 Å². The Morgan fingerprint density at radius 2 is 1.94 bits per heavy atom. The fourth-order valence-corrected chi connectivity index (χ4v) is 5.90. The van der Waals surface area contributed by atoms with Gasteiger partial charge < -0.3 is 9.64 Å². The van der Waals surface area contributed by atoms with E-state index in [0.29, 0.717) is 13.2 Å². The molecule has 1 aromatic rings. The van der Waals surface area contributed by atoms with E-state index in [2.05, 4.69) is 15.9 Å². The lowest BCUT2D eigenvalue weighted by molar-refractivity contribution is -0.143. The summed E-state index contributed by atoms with van der Waals surface area (Å²) in [7, 11) is 0. The molecule has 4 aliphatic rings. The van der Waals surface area contributed by atoms with Crippen molar-refractivity contribution < 1.29 is 19.1 Å². The van der Waals surface area contributed by atoms with Gasteiger partial charge in [0.1, 0.15) is 6.04 Å². The molecule has 0 spiro atoms. The number of fused-ring (bicyclic) bond motifs is 5. The molecule has 2 amide bonds. The Morgan fingerprint density at radius 3 is 2.61 bits per heavy atom. The number of rotatable bonds is 3. The first-order valence-corrected chi connectivity index (χ1v) is 11.7. The number of ketones is 1. The molecule has 31 heavy (non-hydrogen) atoms. The lowest BCUT2D eigenvalue weighted by Gasteiger charge is -2.38. The van der Waals surface area contributed by atoms with Gasteiger partial charge in [0.25, 0.3) is 0 Å². The first-order chi connectivity index (χ1) is 14.7. The second-order valence-electron chi connectivity index (χ2n) is 9.99. The minimum atomic E-state index is -0.662. The molecule has 7 heteroatoms. The van der Waals surface area contributed by atoms with Crippen molar-refractivity contribution >= 4 is 45.3 Å². The van der Waals surface area contributed by atoms with Crippen LogP contribution in [0.15, 0.2) is 28.7 Å². The average Bonchev–Trinajstić information content (AvgIpc) is 3.40. The van der Waals surface area contributed by atoms with E-state index in [1.54, 1.807) is 0 Å². The SMILES string of the molecule is CC(C)(C)C(=O)[C@H]1[C@H]2C(=O)N(C[C@@H]3CCCO3)C(=O)[C@@H]2[C@H]2C=Cc3cc(Br)ccc3N21. The lowest BCUT2D eigenvalue weighted by Crippen LogP contribution is -2.52. The van der Waals surface area contributed by atoms with Crippen molar-refractivity contribution in [2.24, 2.45) is 17.3 Å². The lowest BCUT2D eigenvalue weighted by atomic mass is 9.79. The third-order valence-corrected chi connectivity index (χ3v) is 7.47. The number of amides is 2. The Kier molecular flexibility index (Phi) is 4.90. The highest BCUT2D eigenvalue weighted by atomic mass is 79.9. The number of ether oxygens (including phenoxy) is 1. The predicted molar refractivity (Wildman–Crippen MR) is 120 cm³/mol. The van der Waals surface area contributed by atoms with Gasteiger partial charge in [-0.05, 0) is 36.6 Å². The van der Waals surface area contributed by atoms with Gasteiger partial charge in [0, 0.05) is 22.2 Å². The summed E-state index contributed by atoms with van der Waals surface area (Å²) in [6.07, 6.45) is 5.70. The highest BCUT2D eigenvalue weighted by Gasteiger charge is 2.64. The molecule has 4 heterocycles. The molecular formula is C24H27BrN2O4. The number of nitrogens with zero attached hydrogens (tertiary/aromatic N) is 2. The van der Waals surface area contributed by atoms with Crippen LogP contribution in [0, 0.1) is 17.3 Å². The maximum absolute atomic E-state index is 13.7. The monoisotopic (exact) mass is 486 g/mol. The summed E-state index contributed by atoms with van der Waals surface area (Å²) in [5.41, 5.74) is 1.25. The van der Waals surface area contributed by atoms with Gasteiger partial charge in [-0.15, -0.1) is 0 Å². The second-order valence-corrected chi connectivity index (χ2v) is 10.9. The third kappa shape index (κ3) is 3.20. The van der Waals surface area contributed by atoms with Gasteiger partial charge in [0.05, 0.1) is 30.5 Å². The minimum absolute atomic E-state index is 0.00529. The molecule has 0 aliphatic carbocycles. The Morgan fingerprint density at radius 1 is 1.19 bits per heavy atom. The molecule has 4 aliphatic heterocycles. The Hall–Kier alpha value is -1.99. The average molecular weight is 487 g/mol. The fourth-order valence-electron chi connectivity index (χ4n) is 5.52. The van der Waals surface area contributed by atoms with Crippen LogP contribution in [-0.4, -0.2) is 53.8 Å². The molecule has 0 saturated carbocycles. The van der Waals surface area contributed by atoms with Crippen molar-refractivity contribution in [2.45, 2.75) is 51.8 Å². The molecule has 164 valence electrons. The number of Topliss-reactive ketones (excluding diaryl/α,β-unsaturated/α-hetero) is 1. The number of carbonyl (C=O) groups excluding carboxylic acids is 3. The van der Waals surface area contributed by atoms with Crippen molar-refractivity contribution in [1.82, 2.24) is 4.90 Å². The maximum Gasteiger partial charge on any atom is 0.235 e. The summed E-state index contributed by atoms with van der Waals surface area (Å²) in [6, 6.07) is 4.95. The van der Waals surface area contributed by atoms with Gasteiger partial charge >= 0.3 is 0 Å². The number of hydrogen-bond donors (Lipinski definition) is 0. The summed E-state index contributed by atoms with van der Waals surface area (Å²) in [4.78, 5) is 44.1. The molecule has 0 unspecified atom stereocenters. The largest absolute Gasteiger partial charge is 0.376 e. The van der Waals surface area contributed by atoms with Crippen molar-refractivity contribution in [3.05, 3.63) is 34.3 Å². The van der Waals surface area contributed by atoms with Gasteiger partial charge in [-0.25, -0.2) is 0 Å². The van der Waals surface area contributed by atoms with Crippen LogP contribution in [0.3, 0.4) is 0 Å². The van der Waals surface area contributed by atoms with E-state index in [9.17, 15) is 14.4 Å². The zero-order valence-corrected chi connectivity index (χ0v) is 19.6. The third-order valence-electron chi connectivity index (χ3n) is 6.98. The van der Waals surface area contributed by atoms with Crippen LogP contribution in [0.1, 0.15) is 39.2 Å². The van der Waals surface area contributed by atoms with E-state index in [1.807, 2.05) is 56.0 Å². The molecule has 5 atom stereocenters. The minimum Gasteiger partial charge on any atom is -0.376 e. The topological polar surface area (TPSA) is 66.9 Å². The molecule has 3 saturated heterocycles. The Balaban J connectivity index is 1.58. The first-order valence-electron chi connectivity index (χ1n) is 11.0. The summed E-state index contributed by atoms with van der Waals surface area (Å²) in [6.45, 7) is 6.60. The maximum atomic E-state index is 13.7. The van der Waals surface area contributed by atoms with Crippen LogP contribution in [0.25, 0.3) is 6.08 Å². The number of imide groups is 1. The van der Waals surface area contributed by atoms with Crippen LogP contribution in [0.5, 0.6) is 0 Å². The standard InChI is InChI=1S/C24H27BrN2O4/c1-24(2,3)21(28)20-19-18(22(29)26(23(19)30)12-15-5-4-10-31-15)17-8-6-13-11-14(25)7-9-16(13)27(17)20/h6-9,11,15,17-20H,4-5,10,12H2,1-3H3/t15-,17+,18+,19-,20+/m0/s1. The van der Waals surface area contributed by atoms with Gasteiger partial charge in [-0.2, -0.15) is 0 Å². The highest BCUT2D eigenvalue weighted by Crippen LogP contribution is 2.50. The van der Waals surface area contributed by atoms with Crippen molar-refractivity contribution in [3.8, 4) is 0 Å². The van der Waals surface area contributed by atoms with Crippen LogP contribution in [0.2, 0.25) is 0 Å². The summed E-state index contributed by atoms with van der Waals surface area (Å²) in [5, 5.41) is 0. The zero-order chi connectivity index (χ0) is 22.1. The molecule has 0 N–H and O–H groups in total. The fraction of sp³-hybridized carbons (Fsp3) is 0.542. The van der Waals surface area contributed by atoms with Gasteiger partial charge in [0.15, 0.2) is 5.78 Å². The summed E-state index contributed by atoms with van der Waals surface area (Å²) < 4.78 is 6.63. The zero-order valence-electron chi connectivity index (χ0n) is 18.0. The van der Waals surface area contributed by atoms with E-state index < -0.39 is 23.3 Å². The molecule has 0 bridgehead atoms. The smallest absolute Gasteiger partial charge is 0.235 e. The number of likely N-dealkylation sites (tertiary alicyclic amines) is 1. The van der Waals surface area contributed by atoms with E-state index >= 15 is 0 Å². The van der Waals surface area contributed by atoms with Crippen LogP contribution >= 0.6 is 15.9 Å². The molecule has 5 rings (SSSR count). The number of hydrogen-bond acceptors (Lipinski definition) is 5. The van der Waals surface area contributed by atoms with Crippen molar-refractivity contribution in [2.75, 3.05) is 18.1 Å². The van der Waals surface area contributed by atoms with E-state index in [-0.39, 0.29) is 29.7 Å². The molecule has 6 nitrogen and oxygen atoms in total. The van der Waals surface area contributed by atoms with E-state index in [4.69, 9.17) is 4.74 Å². The predicted octanol–water partition coefficient (Wildman–Crippen LogP) is 3.43. The number of carbonyl (C=O) groups is 3. The van der Waals surface area contributed by atoms with Gasteiger partial charge in [-0.3, -0.25) is 19.3 Å². The van der Waals surface area contributed by atoms with Crippen molar-refractivity contribution in [1.29, 1.82) is 0 Å². The van der Waals surface area contributed by atoms with E-state index in [0.717, 1.165) is 28.6 Å². The van der Waals surface area contributed by atoms with Gasteiger partial charge in [-0.1, -0.05) is 48.9 Å². The number of anilines is 1. The van der Waals surface area contributed by atoms with E-state index in [1.165, 1.54) is 4.90 Å². The van der Waals surface area contributed by atoms with Crippen LogP contribution in [-0.2, 0) is 19.1 Å². The summed E-state index contributed by atoms with van der Waals surface area (Å²) in [5.74, 6) is -1.61. The highest BCUT2D eigenvalue weighted by molar-refractivity contribution is 9.10. The summed E-state index contributed by atoms with van der Waals surface area (Å²) >= 11 is 3.51. The quantitative estimate of drug-likeness (QED) is 0.612. The molecule has 0 radical (unpaired) electrons. The van der Waals surface area contributed by atoms with Gasteiger partial charge in [0.2, 0.25) is 11.8 Å². The van der Waals surface area contributed by atoms with Crippen LogP contribution in [0.4, 0.5) is 5.69 Å². The molecule has 1 aromatic carbocycles. The Labute approximate surface area is 190 Å². The second kappa shape index (κ2) is 7.27. The molecular weight excluding hydrogens is 460 g/mol. The molecule has 0 aromatic heterocycles. The number of halogens is 1. The van der Waals surface area contributed by atoms with Crippen molar-refractivity contribution in [3.63, 3.8) is 0 Å². The normalized spacial score (nSPS) is 31.8. The molecule has 3 fully saturated rings. The Bertz CT molecular complexity index is 992.